The molecule has 0 aliphatic rings. The molecule has 0 aliphatic carbocycles. The first kappa shape index (κ1) is 15.2. The van der Waals surface area contributed by atoms with Gasteiger partial charge < -0.3 is 5.11 Å². The topological polar surface area (TPSA) is 20.2 Å². The van der Waals surface area contributed by atoms with Gasteiger partial charge in [0, 0.05) is 0 Å². The van der Waals surface area contributed by atoms with Gasteiger partial charge in [0.1, 0.15) is 0 Å². The van der Waals surface area contributed by atoms with Crippen LogP contribution < -0.4 is 0 Å². The summed E-state index contributed by atoms with van der Waals surface area (Å²) in [6.45, 7) is 8.97. The Morgan fingerprint density at radius 3 is 2.28 bits per heavy atom. The van der Waals surface area contributed by atoms with E-state index in [0.717, 1.165) is 25.7 Å². The zero-order valence-electron chi connectivity index (χ0n) is 12.3. The summed E-state index contributed by atoms with van der Waals surface area (Å²) in [5.41, 5.74) is 1.66. The Labute approximate surface area is 112 Å². The largest absolute Gasteiger partial charge is 0.393 e. The molecule has 0 amide bonds. The fraction of sp³-hybridized carbons (Fsp3) is 0.647. The highest BCUT2D eigenvalue weighted by Crippen LogP contribution is 2.29. The first-order valence-corrected chi connectivity index (χ1v) is 7.11. The first-order valence-electron chi connectivity index (χ1n) is 7.11. The number of benzene rings is 1. The van der Waals surface area contributed by atoms with Crippen LogP contribution in [0.15, 0.2) is 30.3 Å². The lowest BCUT2D eigenvalue weighted by molar-refractivity contribution is 0.101. The molecule has 0 bridgehead atoms. The maximum Gasteiger partial charge on any atom is 0.0543 e. The summed E-state index contributed by atoms with van der Waals surface area (Å²) in [4.78, 5) is 0. The van der Waals surface area contributed by atoms with Crippen molar-refractivity contribution in [3.8, 4) is 0 Å². The molecule has 0 saturated heterocycles. The van der Waals surface area contributed by atoms with Crippen LogP contribution in [-0.4, -0.2) is 11.2 Å². The zero-order valence-corrected chi connectivity index (χ0v) is 12.3. The van der Waals surface area contributed by atoms with Crippen LogP contribution in [0, 0.1) is 11.3 Å². The first-order chi connectivity index (χ1) is 8.39. The molecule has 1 aromatic carbocycles. The highest BCUT2D eigenvalue weighted by molar-refractivity contribution is 5.14. The Morgan fingerprint density at radius 1 is 1.11 bits per heavy atom. The van der Waals surface area contributed by atoms with Crippen LogP contribution in [0.5, 0.6) is 0 Å². The van der Waals surface area contributed by atoms with Crippen LogP contribution in [0.25, 0.3) is 0 Å². The second-order valence-corrected chi connectivity index (χ2v) is 6.53. The molecule has 102 valence electrons. The molecule has 0 radical (unpaired) electrons. The number of aryl methyl sites for hydroxylation is 1. The summed E-state index contributed by atoms with van der Waals surface area (Å²) in [5.74, 6) is 0.559. The summed E-state index contributed by atoms with van der Waals surface area (Å²) in [5, 5.41) is 10.1. The fourth-order valence-electron chi connectivity index (χ4n) is 2.07. The van der Waals surface area contributed by atoms with Gasteiger partial charge in [0.15, 0.2) is 0 Å². The number of rotatable bonds is 6. The number of hydrogen-bond acceptors (Lipinski definition) is 1. The average molecular weight is 248 g/mol. The third kappa shape index (κ3) is 5.68. The third-order valence-electron chi connectivity index (χ3n) is 3.95. The summed E-state index contributed by atoms with van der Waals surface area (Å²) in [7, 11) is 0. The Morgan fingerprint density at radius 2 is 1.72 bits per heavy atom. The SMILES string of the molecule is CC(CC(O)CCCc1ccccc1)C(C)(C)C. The highest BCUT2D eigenvalue weighted by atomic mass is 16.3. The van der Waals surface area contributed by atoms with Crippen LogP contribution in [0.3, 0.4) is 0 Å². The van der Waals surface area contributed by atoms with Crippen molar-refractivity contribution in [3.63, 3.8) is 0 Å². The van der Waals surface area contributed by atoms with Crippen molar-refractivity contribution in [1.82, 2.24) is 0 Å². The Kier molecular flexibility index (Phi) is 5.87. The molecular weight excluding hydrogens is 220 g/mol. The summed E-state index contributed by atoms with van der Waals surface area (Å²) >= 11 is 0. The zero-order chi connectivity index (χ0) is 13.6. The van der Waals surface area contributed by atoms with Crippen LogP contribution in [0.4, 0.5) is 0 Å². The minimum absolute atomic E-state index is 0.150. The van der Waals surface area contributed by atoms with Gasteiger partial charge >= 0.3 is 0 Å². The van der Waals surface area contributed by atoms with E-state index in [9.17, 15) is 5.11 Å². The van der Waals surface area contributed by atoms with E-state index in [1.165, 1.54) is 5.56 Å². The van der Waals surface area contributed by atoms with Gasteiger partial charge in [-0.1, -0.05) is 58.0 Å². The molecule has 1 nitrogen and oxygen atoms in total. The van der Waals surface area contributed by atoms with Crippen molar-refractivity contribution in [2.75, 3.05) is 0 Å². The summed E-state index contributed by atoms with van der Waals surface area (Å²) in [6.07, 6.45) is 3.82. The Balaban J connectivity index is 2.24. The third-order valence-corrected chi connectivity index (χ3v) is 3.95. The predicted octanol–water partition coefficient (Wildman–Crippen LogP) is 4.44. The Hall–Kier alpha value is -0.820. The molecule has 0 heterocycles. The van der Waals surface area contributed by atoms with Gasteiger partial charge in [-0.25, -0.2) is 0 Å². The molecule has 0 aromatic heterocycles. The van der Waals surface area contributed by atoms with E-state index in [4.69, 9.17) is 0 Å². The molecule has 1 heteroatoms. The maximum absolute atomic E-state index is 10.1. The van der Waals surface area contributed by atoms with Crippen LogP contribution in [0.1, 0.15) is 52.5 Å². The van der Waals surface area contributed by atoms with Gasteiger partial charge in [-0.2, -0.15) is 0 Å². The molecular formula is C17H28O. The van der Waals surface area contributed by atoms with Gasteiger partial charge in [-0.05, 0) is 42.6 Å². The number of aliphatic hydroxyl groups excluding tert-OH is 1. The van der Waals surface area contributed by atoms with Gasteiger partial charge in [0.05, 0.1) is 6.10 Å². The Bertz CT molecular complexity index is 323. The molecule has 0 saturated carbocycles. The lowest BCUT2D eigenvalue weighted by Gasteiger charge is -2.29. The van der Waals surface area contributed by atoms with Crippen LogP contribution >= 0.6 is 0 Å². The van der Waals surface area contributed by atoms with E-state index in [0.29, 0.717) is 11.3 Å². The van der Waals surface area contributed by atoms with Crippen molar-refractivity contribution in [2.24, 2.45) is 11.3 Å². The molecule has 18 heavy (non-hydrogen) atoms. The van der Waals surface area contributed by atoms with Gasteiger partial charge in [-0.3, -0.25) is 0 Å². The van der Waals surface area contributed by atoms with Crippen molar-refractivity contribution in [3.05, 3.63) is 35.9 Å². The lowest BCUT2D eigenvalue weighted by Crippen LogP contribution is -2.22. The average Bonchev–Trinajstić information content (AvgIpc) is 2.29. The van der Waals surface area contributed by atoms with E-state index < -0.39 is 0 Å². The minimum Gasteiger partial charge on any atom is -0.393 e. The van der Waals surface area contributed by atoms with Crippen molar-refractivity contribution >= 4 is 0 Å². The van der Waals surface area contributed by atoms with E-state index in [1.807, 2.05) is 6.07 Å². The van der Waals surface area contributed by atoms with E-state index in [1.54, 1.807) is 0 Å². The lowest BCUT2D eigenvalue weighted by atomic mass is 9.78. The normalized spacial score (nSPS) is 15.4. The van der Waals surface area contributed by atoms with Gasteiger partial charge in [-0.15, -0.1) is 0 Å². The number of aliphatic hydroxyl groups is 1. The van der Waals surface area contributed by atoms with Crippen molar-refractivity contribution in [1.29, 1.82) is 0 Å². The number of hydrogen-bond donors (Lipinski definition) is 1. The standard InChI is InChI=1S/C17H28O/c1-14(17(2,3)4)13-16(18)12-8-11-15-9-6-5-7-10-15/h5-7,9-10,14,16,18H,8,11-13H2,1-4H3. The molecule has 0 aliphatic heterocycles. The monoisotopic (exact) mass is 248 g/mol. The van der Waals surface area contributed by atoms with Crippen LogP contribution in [-0.2, 0) is 6.42 Å². The summed E-state index contributed by atoms with van der Waals surface area (Å²) < 4.78 is 0. The maximum atomic E-state index is 10.1. The molecule has 1 N–H and O–H groups in total. The predicted molar refractivity (Wildman–Crippen MR) is 78.6 cm³/mol. The molecule has 2 unspecified atom stereocenters. The fourth-order valence-corrected chi connectivity index (χ4v) is 2.07. The van der Waals surface area contributed by atoms with Crippen molar-refractivity contribution in [2.45, 2.75) is 59.5 Å². The molecule has 0 spiro atoms. The van der Waals surface area contributed by atoms with Crippen LogP contribution in [0.2, 0.25) is 0 Å². The smallest absolute Gasteiger partial charge is 0.0543 e. The van der Waals surface area contributed by atoms with Crippen molar-refractivity contribution < 1.29 is 5.11 Å². The quantitative estimate of drug-likeness (QED) is 0.789. The van der Waals surface area contributed by atoms with E-state index in [2.05, 4.69) is 52.0 Å². The second-order valence-electron chi connectivity index (χ2n) is 6.53. The van der Waals surface area contributed by atoms with Gasteiger partial charge in [0.25, 0.3) is 0 Å². The molecule has 1 aromatic rings. The summed E-state index contributed by atoms with van der Waals surface area (Å²) in [6, 6.07) is 10.5. The molecule has 0 fully saturated rings. The highest BCUT2D eigenvalue weighted by Gasteiger charge is 2.22. The molecule has 1 rings (SSSR count). The van der Waals surface area contributed by atoms with E-state index in [-0.39, 0.29) is 6.10 Å². The second kappa shape index (κ2) is 6.94. The van der Waals surface area contributed by atoms with Gasteiger partial charge in [0.2, 0.25) is 0 Å². The minimum atomic E-state index is -0.150. The molecule has 2 atom stereocenters. The van der Waals surface area contributed by atoms with E-state index >= 15 is 0 Å².